The molecule has 178 valence electrons. The van der Waals surface area contributed by atoms with Crippen molar-refractivity contribution in [2.75, 3.05) is 18.0 Å². The normalized spacial score (nSPS) is 11.6. The zero-order valence-corrected chi connectivity index (χ0v) is 20.7. The van der Waals surface area contributed by atoms with Crippen molar-refractivity contribution in [2.45, 2.75) is 24.7 Å². The summed E-state index contributed by atoms with van der Waals surface area (Å²) in [6.45, 7) is 3.68. The van der Waals surface area contributed by atoms with E-state index in [1.807, 2.05) is 24.3 Å². The molecule has 0 heterocycles. The molecule has 0 aromatic heterocycles. The van der Waals surface area contributed by atoms with Crippen LogP contribution < -0.4 is 14.5 Å². The highest BCUT2D eigenvalue weighted by molar-refractivity contribution is 7.92. The first-order chi connectivity index (χ1) is 16.2. The van der Waals surface area contributed by atoms with Crippen LogP contribution in [0.15, 0.2) is 82.8 Å². The van der Waals surface area contributed by atoms with E-state index in [2.05, 4.69) is 24.4 Å². The summed E-state index contributed by atoms with van der Waals surface area (Å²) in [4.78, 5) is 12.7. The SMILES string of the molecule is COc1ccc(Cl)cc1N(CC(=O)N/N=C\c1ccc(C(C)C)cc1)S(=O)(=O)c1ccccc1. The fourth-order valence-corrected chi connectivity index (χ4v) is 4.80. The van der Waals surface area contributed by atoms with E-state index < -0.39 is 22.5 Å². The van der Waals surface area contributed by atoms with Crippen LogP contribution in [-0.2, 0) is 14.8 Å². The van der Waals surface area contributed by atoms with Crippen LogP contribution in [0.4, 0.5) is 5.69 Å². The second-order valence-corrected chi connectivity index (χ2v) is 10.1. The topological polar surface area (TPSA) is 88.1 Å². The molecule has 0 aliphatic heterocycles. The van der Waals surface area contributed by atoms with Crippen molar-refractivity contribution in [1.29, 1.82) is 0 Å². The number of anilines is 1. The highest BCUT2D eigenvalue weighted by Crippen LogP contribution is 2.34. The van der Waals surface area contributed by atoms with Crippen LogP contribution in [0.3, 0.4) is 0 Å². The summed E-state index contributed by atoms with van der Waals surface area (Å²) in [5, 5.41) is 4.27. The molecule has 0 aliphatic carbocycles. The molecule has 0 aliphatic rings. The number of carbonyl (C=O) groups excluding carboxylic acids is 1. The molecule has 34 heavy (non-hydrogen) atoms. The predicted molar refractivity (Wildman–Crippen MR) is 135 cm³/mol. The molecule has 0 radical (unpaired) electrons. The Morgan fingerprint density at radius 1 is 1.09 bits per heavy atom. The maximum atomic E-state index is 13.4. The van der Waals surface area contributed by atoms with Gasteiger partial charge in [-0.1, -0.05) is 67.9 Å². The van der Waals surface area contributed by atoms with Gasteiger partial charge in [-0.3, -0.25) is 9.10 Å². The van der Waals surface area contributed by atoms with Gasteiger partial charge in [0.1, 0.15) is 12.3 Å². The number of methoxy groups -OCH3 is 1. The van der Waals surface area contributed by atoms with Crippen molar-refractivity contribution < 1.29 is 17.9 Å². The lowest BCUT2D eigenvalue weighted by atomic mass is 10.0. The number of rotatable bonds is 9. The summed E-state index contributed by atoms with van der Waals surface area (Å²) in [5.74, 6) is 0.0359. The van der Waals surface area contributed by atoms with E-state index >= 15 is 0 Å². The van der Waals surface area contributed by atoms with E-state index in [0.29, 0.717) is 10.9 Å². The van der Waals surface area contributed by atoms with E-state index in [9.17, 15) is 13.2 Å². The number of hydrogen-bond acceptors (Lipinski definition) is 5. The summed E-state index contributed by atoms with van der Waals surface area (Å²) in [5.41, 5.74) is 4.53. The molecule has 1 amide bonds. The van der Waals surface area contributed by atoms with Crippen molar-refractivity contribution in [2.24, 2.45) is 5.10 Å². The van der Waals surface area contributed by atoms with Crippen molar-refractivity contribution in [3.8, 4) is 5.75 Å². The maximum absolute atomic E-state index is 13.4. The van der Waals surface area contributed by atoms with Gasteiger partial charge in [0.05, 0.1) is 23.9 Å². The van der Waals surface area contributed by atoms with Gasteiger partial charge < -0.3 is 4.74 Å². The van der Waals surface area contributed by atoms with Gasteiger partial charge in [-0.05, 0) is 47.4 Å². The Morgan fingerprint density at radius 2 is 1.76 bits per heavy atom. The van der Waals surface area contributed by atoms with Crippen LogP contribution in [0, 0.1) is 0 Å². The number of halogens is 1. The van der Waals surface area contributed by atoms with E-state index in [1.165, 1.54) is 37.1 Å². The standard InChI is InChI=1S/C25H26ClN3O4S/c1-18(2)20-11-9-19(10-12-20)16-27-28-25(30)17-29(23-15-21(26)13-14-24(23)33-3)34(31,32)22-7-5-4-6-8-22/h4-16,18H,17H2,1-3H3,(H,28,30)/b27-16-. The van der Waals surface area contributed by atoms with Crippen molar-refractivity contribution in [3.63, 3.8) is 0 Å². The minimum atomic E-state index is -4.11. The first kappa shape index (κ1) is 25.3. The molecule has 0 unspecified atom stereocenters. The Morgan fingerprint density at radius 3 is 2.38 bits per heavy atom. The van der Waals surface area contributed by atoms with Gasteiger partial charge in [0.2, 0.25) is 0 Å². The van der Waals surface area contributed by atoms with Crippen LogP contribution in [0.2, 0.25) is 5.02 Å². The first-order valence-electron chi connectivity index (χ1n) is 10.6. The van der Waals surface area contributed by atoms with Gasteiger partial charge in [-0.15, -0.1) is 0 Å². The van der Waals surface area contributed by atoms with Crippen molar-refractivity contribution >= 4 is 39.4 Å². The molecule has 1 N–H and O–H groups in total. The number of carbonyl (C=O) groups is 1. The van der Waals surface area contributed by atoms with Crippen LogP contribution >= 0.6 is 11.6 Å². The zero-order valence-electron chi connectivity index (χ0n) is 19.1. The lowest BCUT2D eigenvalue weighted by Gasteiger charge is -2.25. The van der Waals surface area contributed by atoms with Gasteiger partial charge >= 0.3 is 0 Å². The Hall–Kier alpha value is -3.36. The molecule has 7 nitrogen and oxygen atoms in total. The van der Waals surface area contributed by atoms with Crippen LogP contribution in [-0.4, -0.2) is 34.2 Å². The number of hydrogen-bond donors (Lipinski definition) is 1. The first-order valence-corrected chi connectivity index (χ1v) is 12.4. The largest absolute Gasteiger partial charge is 0.495 e. The highest BCUT2D eigenvalue weighted by Gasteiger charge is 2.29. The molecule has 3 rings (SSSR count). The average Bonchev–Trinajstić information content (AvgIpc) is 2.83. The minimum absolute atomic E-state index is 0.0265. The molecule has 3 aromatic carbocycles. The molecule has 0 bridgehead atoms. The molecule has 0 fully saturated rings. The number of sulfonamides is 1. The molecule has 0 atom stereocenters. The molecular formula is C25H26ClN3O4S. The average molecular weight is 500 g/mol. The molecule has 0 saturated heterocycles. The Kier molecular flexibility index (Phi) is 8.31. The molecule has 0 spiro atoms. The fourth-order valence-electron chi connectivity index (χ4n) is 3.19. The monoisotopic (exact) mass is 499 g/mol. The van der Waals surface area contributed by atoms with E-state index in [4.69, 9.17) is 16.3 Å². The second-order valence-electron chi connectivity index (χ2n) is 7.76. The minimum Gasteiger partial charge on any atom is -0.495 e. The number of nitrogens with zero attached hydrogens (tertiary/aromatic N) is 2. The predicted octanol–water partition coefficient (Wildman–Crippen LogP) is 4.82. The number of benzene rings is 3. The third-order valence-corrected chi connectivity index (χ3v) is 7.04. The lowest BCUT2D eigenvalue weighted by Crippen LogP contribution is -2.39. The molecule has 9 heteroatoms. The third kappa shape index (κ3) is 6.15. The number of hydrazone groups is 1. The number of amides is 1. The van der Waals surface area contributed by atoms with Crippen LogP contribution in [0.25, 0.3) is 0 Å². The maximum Gasteiger partial charge on any atom is 0.264 e. The third-order valence-electron chi connectivity index (χ3n) is 5.03. The van der Waals surface area contributed by atoms with Gasteiger partial charge in [0.25, 0.3) is 15.9 Å². The number of nitrogens with one attached hydrogen (secondary N) is 1. The smallest absolute Gasteiger partial charge is 0.264 e. The molecular weight excluding hydrogens is 474 g/mol. The van der Waals surface area contributed by atoms with Crippen molar-refractivity contribution in [3.05, 3.63) is 88.9 Å². The highest BCUT2D eigenvalue weighted by atomic mass is 35.5. The Labute approximate surface area is 205 Å². The van der Waals surface area contributed by atoms with Crippen LogP contribution in [0.5, 0.6) is 5.75 Å². The number of ether oxygens (including phenoxy) is 1. The summed E-state index contributed by atoms with van der Waals surface area (Å²) in [6.07, 6.45) is 1.50. The molecule has 0 saturated carbocycles. The van der Waals surface area contributed by atoms with Crippen molar-refractivity contribution in [1.82, 2.24) is 5.43 Å². The quantitative estimate of drug-likeness (QED) is 0.338. The van der Waals surface area contributed by atoms with E-state index in [1.54, 1.807) is 30.3 Å². The van der Waals surface area contributed by atoms with Gasteiger partial charge in [0.15, 0.2) is 0 Å². The van der Waals surface area contributed by atoms with Crippen LogP contribution in [0.1, 0.15) is 30.9 Å². The lowest BCUT2D eigenvalue weighted by molar-refractivity contribution is -0.119. The Bertz CT molecular complexity index is 1260. The summed E-state index contributed by atoms with van der Waals surface area (Å²) in [7, 11) is -2.70. The van der Waals surface area contributed by atoms with E-state index in [0.717, 1.165) is 9.87 Å². The van der Waals surface area contributed by atoms with Gasteiger partial charge in [-0.25, -0.2) is 13.8 Å². The zero-order chi connectivity index (χ0) is 24.7. The second kappa shape index (κ2) is 11.2. The summed E-state index contributed by atoms with van der Waals surface area (Å²) >= 11 is 6.13. The van der Waals surface area contributed by atoms with E-state index in [-0.39, 0.29) is 16.3 Å². The van der Waals surface area contributed by atoms with Gasteiger partial charge in [-0.2, -0.15) is 5.10 Å². The Balaban J connectivity index is 1.86. The summed E-state index contributed by atoms with van der Waals surface area (Å²) in [6, 6.07) is 20.2. The molecule has 3 aromatic rings. The summed E-state index contributed by atoms with van der Waals surface area (Å²) < 4.78 is 33.2. The van der Waals surface area contributed by atoms with Gasteiger partial charge in [0, 0.05) is 5.02 Å². The fraction of sp³-hybridized carbons (Fsp3) is 0.200.